The van der Waals surface area contributed by atoms with Crippen molar-refractivity contribution in [3.05, 3.63) is 47.5 Å². The summed E-state index contributed by atoms with van der Waals surface area (Å²) < 4.78 is 51.8. The minimum Gasteiger partial charge on any atom is -0.507 e. The maximum absolute atomic E-state index is 12.9. The fourth-order valence-corrected chi connectivity index (χ4v) is 4.85. The van der Waals surface area contributed by atoms with Crippen molar-refractivity contribution in [2.75, 3.05) is 11.0 Å². The maximum Gasteiger partial charge on any atom is 0.261 e. The average Bonchev–Trinajstić information content (AvgIpc) is 2.65. The van der Waals surface area contributed by atoms with Gasteiger partial charge in [0.25, 0.3) is 10.0 Å². The number of sulfone groups is 1. The zero-order valence-electron chi connectivity index (χ0n) is 16.7. The predicted octanol–water partition coefficient (Wildman–Crippen LogP) is 2.86. The van der Waals surface area contributed by atoms with Crippen LogP contribution in [0.1, 0.15) is 37.8 Å². The summed E-state index contributed by atoms with van der Waals surface area (Å²) in [6, 6.07) is 8.52. The predicted molar refractivity (Wildman–Crippen MR) is 112 cm³/mol. The highest BCUT2D eigenvalue weighted by atomic mass is 32.2. The third kappa shape index (κ3) is 5.94. The molecule has 0 aliphatic carbocycles. The molecule has 0 fully saturated rings. The van der Waals surface area contributed by atoms with Crippen LogP contribution in [0.5, 0.6) is 5.75 Å². The number of phenols is 1. The quantitative estimate of drug-likeness (QED) is 0.550. The number of hydrogen-bond donors (Lipinski definition) is 3. The van der Waals surface area contributed by atoms with E-state index in [-0.39, 0.29) is 4.90 Å². The Balaban J connectivity index is 2.42. The Bertz CT molecular complexity index is 1080. The van der Waals surface area contributed by atoms with Gasteiger partial charge < -0.3 is 10.2 Å². The van der Waals surface area contributed by atoms with Crippen molar-refractivity contribution < 1.29 is 27.0 Å². The second-order valence-electron chi connectivity index (χ2n) is 6.95. The number of benzene rings is 2. The number of aryl methyl sites for hydroxylation is 2. The number of phenolic OH excluding ortho intramolecular Hbond substituents is 1. The van der Waals surface area contributed by atoms with E-state index in [1.54, 1.807) is 6.07 Å². The third-order valence-electron chi connectivity index (χ3n) is 4.68. The summed E-state index contributed by atoms with van der Waals surface area (Å²) in [7, 11) is -7.88. The van der Waals surface area contributed by atoms with Crippen molar-refractivity contribution in [2.45, 2.75) is 55.4 Å². The largest absolute Gasteiger partial charge is 0.507 e. The van der Waals surface area contributed by atoms with Crippen LogP contribution in [0, 0.1) is 0 Å². The molecule has 2 aromatic carbocycles. The van der Waals surface area contributed by atoms with Crippen molar-refractivity contribution in [3.8, 4) is 5.75 Å². The molecule has 2 rings (SSSR count). The standard InChI is InChI=1S/C20H27NO6S2/c1-4-14-6-10-18(15(12-14)7-8-16(22)5-2)21-29(26,27)17-9-11-19(23)20(13-17)28(3,24)25/h6,9-13,16,21-23H,4-5,7-8H2,1-3H3. The smallest absolute Gasteiger partial charge is 0.261 e. The number of anilines is 1. The summed E-state index contributed by atoms with van der Waals surface area (Å²) in [5, 5.41) is 19.6. The van der Waals surface area contributed by atoms with Crippen molar-refractivity contribution >= 4 is 25.5 Å². The van der Waals surface area contributed by atoms with Gasteiger partial charge in [-0.15, -0.1) is 0 Å². The van der Waals surface area contributed by atoms with Crippen molar-refractivity contribution in [3.63, 3.8) is 0 Å². The van der Waals surface area contributed by atoms with Crippen molar-refractivity contribution in [1.29, 1.82) is 0 Å². The highest BCUT2D eigenvalue weighted by molar-refractivity contribution is 7.93. The number of aliphatic hydroxyl groups is 1. The van der Waals surface area contributed by atoms with Crippen LogP contribution in [0.15, 0.2) is 46.2 Å². The first-order valence-corrected chi connectivity index (χ1v) is 12.7. The third-order valence-corrected chi connectivity index (χ3v) is 7.17. The summed E-state index contributed by atoms with van der Waals surface area (Å²) in [4.78, 5) is -0.720. The summed E-state index contributed by atoms with van der Waals surface area (Å²) in [6.07, 6.45) is 2.80. The normalized spacial score (nSPS) is 13.2. The lowest BCUT2D eigenvalue weighted by Crippen LogP contribution is -2.16. The molecule has 7 nitrogen and oxygen atoms in total. The van der Waals surface area contributed by atoms with Gasteiger partial charge in [-0.05, 0) is 61.1 Å². The summed E-state index contributed by atoms with van der Waals surface area (Å²) in [5.74, 6) is -0.506. The molecular weight excluding hydrogens is 414 g/mol. The molecule has 1 atom stereocenters. The molecule has 0 aliphatic heterocycles. The first-order valence-electron chi connectivity index (χ1n) is 9.33. The highest BCUT2D eigenvalue weighted by Gasteiger charge is 2.21. The molecule has 0 aliphatic rings. The molecule has 29 heavy (non-hydrogen) atoms. The molecule has 160 valence electrons. The molecule has 0 saturated carbocycles. The summed E-state index contributed by atoms with van der Waals surface area (Å²) in [5.41, 5.74) is 2.17. The Morgan fingerprint density at radius 2 is 1.72 bits per heavy atom. The molecular formula is C20H27NO6S2. The summed E-state index contributed by atoms with van der Waals surface area (Å²) in [6.45, 7) is 3.87. The lowest BCUT2D eigenvalue weighted by Gasteiger charge is -2.16. The van der Waals surface area contributed by atoms with Gasteiger partial charge in [0, 0.05) is 6.26 Å². The van der Waals surface area contributed by atoms with Crippen molar-refractivity contribution in [1.82, 2.24) is 0 Å². The molecule has 0 aromatic heterocycles. The number of sulfonamides is 1. The van der Waals surface area contributed by atoms with E-state index in [1.807, 2.05) is 26.0 Å². The summed E-state index contributed by atoms with van der Waals surface area (Å²) >= 11 is 0. The first-order chi connectivity index (χ1) is 13.5. The SMILES string of the molecule is CCc1ccc(NS(=O)(=O)c2ccc(O)c(S(C)(=O)=O)c2)c(CCC(O)CC)c1. The van der Waals surface area contributed by atoms with E-state index in [2.05, 4.69) is 4.72 Å². The lowest BCUT2D eigenvalue weighted by molar-refractivity contribution is 0.161. The molecule has 0 bridgehead atoms. The van der Waals surface area contributed by atoms with Crippen LogP contribution in [0.4, 0.5) is 5.69 Å². The lowest BCUT2D eigenvalue weighted by atomic mass is 10.0. The van der Waals surface area contributed by atoms with E-state index < -0.39 is 36.6 Å². The van der Waals surface area contributed by atoms with Crippen LogP contribution in [-0.2, 0) is 32.7 Å². The molecule has 9 heteroatoms. The van der Waals surface area contributed by atoms with Gasteiger partial charge in [-0.2, -0.15) is 0 Å². The fraction of sp³-hybridized carbons (Fsp3) is 0.400. The van der Waals surface area contributed by atoms with Crippen LogP contribution in [0.25, 0.3) is 0 Å². The topological polar surface area (TPSA) is 121 Å². The highest BCUT2D eigenvalue weighted by Crippen LogP contribution is 2.28. The second kappa shape index (κ2) is 9.15. The van der Waals surface area contributed by atoms with Crippen LogP contribution in [-0.4, -0.2) is 39.4 Å². The van der Waals surface area contributed by atoms with E-state index in [9.17, 15) is 27.0 Å². The van der Waals surface area contributed by atoms with Gasteiger partial charge in [0.2, 0.25) is 0 Å². The Morgan fingerprint density at radius 1 is 1.03 bits per heavy atom. The van der Waals surface area contributed by atoms with Crippen LogP contribution >= 0.6 is 0 Å². The molecule has 0 heterocycles. The first kappa shape index (κ1) is 23.2. The molecule has 0 radical (unpaired) electrons. The average molecular weight is 442 g/mol. The molecule has 2 aromatic rings. The Hall–Kier alpha value is -2.10. The minimum atomic E-state index is -4.09. The van der Waals surface area contributed by atoms with E-state index in [1.165, 1.54) is 0 Å². The van der Waals surface area contributed by atoms with E-state index in [0.717, 1.165) is 42.0 Å². The van der Waals surface area contributed by atoms with Gasteiger partial charge in [-0.1, -0.05) is 26.0 Å². The Morgan fingerprint density at radius 3 is 2.31 bits per heavy atom. The molecule has 0 saturated heterocycles. The number of rotatable bonds is 9. The zero-order valence-corrected chi connectivity index (χ0v) is 18.3. The number of aliphatic hydroxyl groups excluding tert-OH is 1. The van der Waals surface area contributed by atoms with Crippen LogP contribution < -0.4 is 4.72 Å². The molecule has 0 spiro atoms. The van der Waals surface area contributed by atoms with Gasteiger partial charge in [0.15, 0.2) is 9.84 Å². The van der Waals surface area contributed by atoms with E-state index in [4.69, 9.17) is 0 Å². The minimum absolute atomic E-state index is 0.269. The second-order valence-corrected chi connectivity index (χ2v) is 10.6. The van der Waals surface area contributed by atoms with Gasteiger partial charge in [-0.3, -0.25) is 4.72 Å². The molecule has 0 amide bonds. The van der Waals surface area contributed by atoms with Gasteiger partial charge >= 0.3 is 0 Å². The van der Waals surface area contributed by atoms with Crippen molar-refractivity contribution in [2.24, 2.45) is 0 Å². The number of aromatic hydroxyl groups is 1. The van der Waals surface area contributed by atoms with Crippen LogP contribution in [0.3, 0.4) is 0 Å². The van der Waals surface area contributed by atoms with Gasteiger partial charge in [0.05, 0.1) is 16.7 Å². The number of nitrogens with one attached hydrogen (secondary N) is 1. The Labute approximate surface area is 172 Å². The zero-order chi connectivity index (χ0) is 21.8. The van der Waals surface area contributed by atoms with Crippen LogP contribution in [0.2, 0.25) is 0 Å². The fourth-order valence-electron chi connectivity index (χ4n) is 2.86. The van der Waals surface area contributed by atoms with Gasteiger partial charge in [0.1, 0.15) is 10.6 Å². The van der Waals surface area contributed by atoms with E-state index in [0.29, 0.717) is 24.9 Å². The molecule has 3 N–H and O–H groups in total. The van der Waals surface area contributed by atoms with Gasteiger partial charge in [-0.25, -0.2) is 16.8 Å². The van der Waals surface area contributed by atoms with E-state index >= 15 is 0 Å². The number of hydrogen-bond acceptors (Lipinski definition) is 6. The molecule has 1 unspecified atom stereocenters. The maximum atomic E-state index is 12.9. The Kier molecular flexibility index (Phi) is 7.31. The monoisotopic (exact) mass is 441 g/mol.